The standard InChI is InChI=1S/C16H19NO3/c1-4-10(3)13-9-12(16(19)20)8-11-6-7-14(18)17(5-2)15(11)13/h6-10H,4-5H2,1-3H3,(H,19,20). The molecule has 1 N–H and O–H groups in total. The van der Waals surface area contributed by atoms with E-state index in [-0.39, 0.29) is 17.0 Å². The second kappa shape index (κ2) is 5.49. The predicted molar refractivity (Wildman–Crippen MR) is 79.5 cm³/mol. The zero-order valence-corrected chi connectivity index (χ0v) is 12.0. The van der Waals surface area contributed by atoms with Gasteiger partial charge in [0.05, 0.1) is 11.1 Å². The monoisotopic (exact) mass is 273 g/mol. The average Bonchev–Trinajstić information content (AvgIpc) is 2.45. The highest BCUT2D eigenvalue weighted by Gasteiger charge is 2.15. The number of fused-ring (bicyclic) bond motifs is 1. The van der Waals surface area contributed by atoms with Crippen LogP contribution in [0.25, 0.3) is 10.9 Å². The molecule has 1 unspecified atom stereocenters. The van der Waals surface area contributed by atoms with Gasteiger partial charge < -0.3 is 9.67 Å². The van der Waals surface area contributed by atoms with Crippen LogP contribution in [-0.2, 0) is 6.54 Å². The SMILES string of the molecule is CCC(C)c1cc(C(=O)O)cc2ccc(=O)n(CC)c12. The Morgan fingerprint density at radius 2 is 2.00 bits per heavy atom. The van der Waals surface area contributed by atoms with Gasteiger partial charge in [-0.25, -0.2) is 4.79 Å². The number of benzene rings is 1. The first kappa shape index (κ1) is 14.3. The van der Waals surface area contributed by atoms with Gasteiger partial charge in [0, 0.05) is 12.6 Å². The number of hydrogen-bond acceptors (Lipinski definition) is 2. The molecule has 1 heterocycles. The number of carbonyl (C=O) groups is 1. The van der Waals surface area contributed by atoms with Gasteiger partial charge in [-0.2, -0.15) is 0 Å². The van der Waals surface area contributed by atoms with Gasteiger partial charge in [-0.15, -0.1) is 0 Å². The van der Waals surface area contributed by atoms with Crippen LogP contribution in [0, 0.1) is 0 Å². The summed E-state index contributed by atoms with van der Waals surface area (Å²) in [6.07, 6.45) is 0.894. The van der Waals surface area contributed by atoms with E-state index in [2.05, 4.69) is 13.8 Å². The van der Waals surface area contributed by atoms with Crippen molar-refractivity contribution in [2.24, 2.45) is 0 Å². The normalized spacial score (nSPS) is 12.6. The topological polar surface area (TPSA) is 59.3 Å². The maximum atomic E-state index is 12.0. The fourth-order valence-electron chi connectivity index (χ4n) is 2.51. The molecule has 0 saturated heterocycles. The van der Waals surface area contributed by atoms with Crippen molar-refractivity contribution >= 4 is 16.9 Å². The number of rotatable bonds is 4. The third kappa shape index (κ3) is 2.33. The van der Waals surface area contributed by atoms with Crippen LogP contribution in [0.5, 0.6) is 0 Å². The summed E-state index contributed by atoms with van der Waals surface area (Å²) in [7, 11) is 0. The molecule has 2 rings (SSSR count). The first-order valence-electron chi connectivity index (χ1n) is 6.90. The average molecular weight is 273 g/mol. The summed E-state index contributed by atoms with van der Waals surface area (Å²) in [6, 6.07) is 6.54. The van der Waals surface area contributed by atoms with E-state index in [1.165, 1.54) is 6.07 Å². The number of carboxylic acids is 1. The Balaban J connectivity index is 2.92. The third-order valence-corrected chi connectivity index (χ3v) is 3.82. The molecular formula is C16H19NO3. The number of aromatic carboxylic acids is 1. The van der Waals surface area contributed by atoms with Crippen molar-refractivity contribution in [3.63, 3.8) is 0 Å². The first-order chi connectivity index (χ1) is 9.49. The molecule has 0 aliphatic carbocycles. The molecule has 0 saturated carbocycles. The molecule has 1 atom stereocenters. The van der Waals surface area contributed by atoms with Gasteiger partial charge in [-0.3, -0.25) is 4.79 Å². The van der Waals surface area contributed by atoms with Crippen molar-refractivity contribution in [2.75, 3.05) is 0 Å². The summed E-state index contributed by atoms with van der Waals surface area (Å²) in [5.74, 6) is -0.734. The summed E-state index contributed by atoms with van der Waals surface area (Å²) in [5.41, 5.74) is 2.02. The van der Waals surface area contributed by atoms with Crippen LogP contribution in [0.3, 0.4) is 0 Å². The predicted octanol–water partition coefficient (Wildman–Crippen LogP) is 3.23. The molecule has 0 spiro atoms. The smallest absolute Gasteiger partial charge is 0.335 e. The fraction of sp³-hybridized carbons (Fsp3) is 0.375. The van der Waals surface area contributed by atoms with Crippen molar-refractivity contribution in [1.82, 2.24) is 4.57 Å². The molecule has 0 fully saturated rings. The maximum absolute atomic E-state index is 12.0. The minimum atomic E-state index is -0.939. The molecule has 0 amide bonds. The molecule has 4 nitrogen and oxygen atoms in total. The summed E-state index contributed by atoms with van der Waals surface area (Å²) < 4.78 is 1.71. The highest BCUT2D eigenvalue weighted by atomic mass is 16.4. The summed E-state index contributed by atoms with van der Waals surface area (Å²) >= 11 is 0. The number of aryl methyl sites for hydroxylation is 1. The Labute approximate surface area is 117 Å². The van der Waals surface area contributed by atoms with Gasteiger partial charge in [-0.1, -0.05) is 13.8 Å². The van der Waals surface area contributed by atoms with Gasteiger partial charge >= 0.3 is 5.97 Å². The molecule has 106 valence electrons. The van der Waals surface area contributed by atoms with Gasteiger partial charge in [0.15, 0.2) is 0 Å². The van der Waals surface area contributed by atoms with Crippen LogP contribution >= 0.6 is 0 Å². The van der Waals surface area contributed by atoms with E-state index in [1.807, 2.05) is 6.92 Å². The summed E-state index contributed by atoms with van der Waals surface area (Å²) in [6.45, 7) is 6.61. The molecule has 0 aliphatic heterocycles. The minimum Gasteiger partial charge on any atom is -0.478 e. The van der Waals surface area contributed by atoms with E-state index in [4.69, 9.17) is 0 Å². The van der Waals surface area contributed by atoms with Crippen molar-refractivity contribution in [1.29, 1.82) is 0 Å². The van der Waals surface area contributed by atoms with E-state index >= 15 is 0 Å². The maximum Gasteiger partial charge on any atom is 0.335 e. The Morgan fingerprint density at radius 1 is 1.30 bits per heavy atom. The molecule has 0 radical (unpaired) electrons. The second-order valence-electron chi connectivity index (χ2n) is 5.03. The first-order valence-corrected chi connectivity index (χ1v) is 6.90. The van der Waals surface area contributed by atoms with Crippen LogP contribution in [-0.4, -0.2) is 15.6 Å². The lowest BCUT2D eigenvalue weighted by molar-refractivity contribution is 0.0697. The number of aromatic nitrogens is 1. The van der Waals surface area contributed by atoms with Crippen LogP contribution in [0.15, 0.2) is 29.1 Å². The molecule has 1 aromatic heterocycles. The zero-order valence-electron chi connectivity index (χ0n) is 12.0. The van der Waals surface area contributed by atoms with Crippen LogP contribution < -0.4 is 5.56 Å². The Hall–Kier alpha value is -2.10. The van der Waals surface area contributed by atoms with Crippen LogP contribution in [0.4, 0.5) is 0 Å². The van der Waals surface area contributed by atoms with Crippen molar-refractivity contribution < 1.29 is 9.90 Å². The largest absolute Gasteiger partial charge is 0.478 e. The lowest BCUT2D eigenvalue weighted by Gasteiger charge is -2.17. The molecule has 20 heavy (non-hydrogen) atoms. The van der Waals surface area contributed by atoms with Gasteiger partial charge in [0.1, 0.15) is 0 Å². The van der Waals surface area contributed by atoms with E-state index in [1.54, 1.807) is 22.8 Å². The molecular weight excluding hydrogens is 254 g/mol. The second-order valence-corrected chi connectivity index (χ2v) is 5.03. The molecule has 2 aromatic rings. The van der Waals surface area contributed by atoms with E-state index in [0.717, 1.165) is 22.9 Å². The van der Waals surface area contributed by atoms with Gasteiger partial charge in [0.2, 0.25) is 0 Å². The lowest BCUT2D eigenvalue weighted by Crippen LogP contribution is -2.20. The third-order valence-electron chi connectivity index (χ3n) is 3.82. The zero-order chi connectivity index (χ0) is 14.9. The van der Waals surface area contributed by atoms with Crippen molar-refractivity contribution in [2.45, 2.75) is 39.7 Å². The highest BCUT2D eigenvalue weighted by Crippen LogP contribution is 2.28. The fourth-order valence-corrected chi connectivity index (χ4v) is 2.51. The van der Waals surface area contributed by atoms with Gasteiger partial charge in [-0.05, 0) is 48.4 Å². The Bertz CT molecular complexity index is 715. The summed E-state index contributed by atoms with van der Waals surface area (Å²) in [5, 5.41) is 10.0. The Kier molecular flexibility index (Phi) is 3.93. The number of nitrogens with zero attached hydrogens (tertiary/aromatic N) is 1. The lowest BCUT2D eigenvalue weighted by atomic mass is 9.93. The van der Waals surface area contributed by atoms with Crippen molar-refractivity contribution in [3.05, 3.63) is 45.7 Å². The van der Waals surface area contributed by atoms with Gasteiger partial charge in [0.25, 0.3) is 5.56 Å². The number of hydrogen-bond donors (Lipinski definition) is 1. The molecule has 0 bridgehead atoms. The minimum absolute atomic E-state index is 0.0485. The van der Waals surface area contributed by atoms with Crippen LogP contribution in [0.1, 0.15) is 49.0 Å². The molecule has 4 heteroatoms. The quantitative estimate of drug-likeness (QED) is 0.930. The van der Waals surface area contributed by atoms with E-state index in [0.29, 0.717) is 6.54 Å². The number of carboxylic acid groups (broad SMARTS) is 1. The van der Waals surface area contributed by atoms with E-state index in [9.17, 15) is 14.7 Å². The Morgan fingerprint density at radius 3 is 2.55 bits per heavy atom. The van der Waals surface area contributed by atoms with Crippen molar-refractivity contribution in [3.8, 4) is 0 Å². The summed E-state index contributed by atoms with van der Waals surface area (Å²) in [4.78, 5) is 23.3. The highest BCUT2D eigenvalue weighted by molar-refractivity contribution is 5.95. The number of pyridine rings is 1. The molecule has 0 aliphatic rings. The van der Waals surface area contributed by atoms with Crippen LogP contribution in [0.2, 0.25) is 0 Å². The van der Waals surface area contributed by atoms with E-state index < -0.39 is 5.97 Å². The molecule has 1 aromatic carbocycles.